The molecule has 2 aliphatic rings. The summed E-state index contributed by atoms with van der Waals surface area (Å²) in [6, 6.07) is 4.31. The molecule has 1 amide bonds. The number of benzene rings is 1. The Bertz CT molecular complexity index is 1090. The molecule has 2 aromatic rings. The van der Waals surface area contributed by atoms with Crippen LogP contribution in [0.4, 0.5) is 0 Å². The van der Waals surface area contributed by atoms with Crippen LogP contribution in [0, 0.1) is 11.8 Å². The van der Waals surface area contributed by atoms with Gasteiger partial charge in [0.2, 0.25) is 15.9 Å². The van der Waals surface area contributed by atoms with Crippen LogP contribution in [0.25, 0.3) is 11.1 Å². The normalized spacial score (nSPS) is 23.3. The van der Waals surface area contributed by atoms with Gasteiger partial charge in [0.05, 0.1) is 10.4 Å². The van der Waals surface area contributed by atoms with E-state index in [1.165, 1.54) is 22.8 Å². The van der Waals surface area contributed by atoms with Gasteiger partial charge in [-0.1, -0.05) is 26.7 Å². The molecule has 9 heteroatoms. The number of fused-ring (bicyclic) bond motifs is 1. The number of sulfonamides is 1. The first-order chi connectivity index (χ1) is 14.2. The first-order valence-corrected chi connectivity index (χ1v) is 12.1. The third-order valence-corrected chi connectivity index (χ3v) is 7.66. The van der Waals surface area contributed by atoms with Gasteiger partial charge < -0.3 is 9.32 Å². The van der Waals surface area contributed by atoms with E-state index in [1.54, 1.807) is 4.90 Å². The Kier molecular flexibility index (Phi) is 5.76. The minimum absolute atomic E-state index is 0.0470. The number of nitrogens with one attached hydrogen (secondary N) is 1. The number of rotatable bonds is 5. The number of oxazole rings is 1. The molecule has 0 spiro atoms. The molecule has 1 aliphatic carbocycles. The van der Waals surface area contributed by atoms with Crippen molar-refractivity contribution in [3.63, 3.8) is 0 Å². The second-order valence-corrected chi connectivity index (χ2v) is 10.6. The maximum Gasteiger partial charge on any atom is 0.420 e. The summed E-state index contributed by atoms with van der Waals surface area (Å²) in [4.78, 5) is 27.0. The van der Waals surface area contributed by atoms with Crippen LogP contribution >= 0.6 is 0 Å². The van der Waals surface area contributed by atoms with E-state index in [0.717, 1.165) is 32.1 Å². The molecule has 1 saturated carbocycles. The fourth-order valence-corrected chi connectivity index (χ4v) is 6.12. The average Bonchev–Trinajstić information content (AvgIpc) is 3.28. The van der Waals surface area contributed by atoms with Crippen molar-refractivity contribution in [2.24, 2.45) is 11.8 Å². The maximum absolute atomic E-state index is 12.8. The average molecular weight is 436 g/mol. The largest absolute Gasteiger partial charge is 0.420 e. The first kappa shape index (κ1) is 21.1. The molecule has 0 bridgehead atoms. The Morgan fingerprint density at radius 1 is 1.17 bits per heavy atom. The Balaban J connectivity index is 1.56. The molecule has 30 heavy (non-hydrogen) atoms. The van der Waals surface area contributed by atoms with E-state index in [2.05, 4.69) is 18.6 Å². The van der Waals surface area contributed by atoms with Crippen LogP contribution in [-0.2, 0) is 21.4 Å². The van der Waals surface area contributed by atoms with Crippen molar-refractivity contribution in [2.75, 3.05) is 13.1 Å². The van der Waals surface area contributed by atoms with Gasteiger partial charge >= 0.3 is 5.76 Å². The van der Waals surface area contributed by atoms with Gasteiger partial charge in [0.25, 0.3) is 0 Å². The van der Waals surface area contributed by atoms with Crippen molar-refractivity contribution in [2.45, 2.75) is 63.4 Å². The summed E-state index contributed by atoms with van der Waals surface area (Å²) in [5, 5.41) is 0. The lowest BCUT2D eigenvalue weighted by Crippen LogP contribution is -2.44. The third-order valence-electron chi connectivity index (χ3n) is 6.14. The number of aromatic nitrogens is 1. The van der Waals surface area contributed by atoms with E-state index in [4.69, 9.17) is 4.42 Å². The van der Waals surface area contributed by atoms with Crippen molar-refractivity contribution in [1.29, 1.82) is 0 Å². The summed E-state index contributed by atoms with van der Waals surface area (Å²) in [7, 11) is -3.69. The van der Waals surface area contributed by atoms with Crippen molar-refractivity contribution >= 4 is 27.0 Å². The highest BCUT2D eigenvalue weighted by atomic mass is 32.2. The SMILES string of the molecule is C[C@@H]1C[C@@H](C)CN(C(=O)Cn2c(=O)oc3cc(S(=O)(=O)NC4CCCC4)ccc32)C1. The number of carbonyl (C=O) groups excluding carboxylic acids is 1. The summed E-state index contributed by atoms with van der Waals surface area (Å²) in [5.41, 5.74) is 0.591. The second-order valence-electron chi connectivity index (χ2n) is 8.93. The molecule has 2 fully saturated rings. The lowest BCUT2D eigenvalue weighted by Gasteiger charge is -2.35. The Morgan fingerprint density at radius 3 is 2.50 bits per heavy atom. The Morgan fingerprint density at radius 2 is 1.83 bits per heavy atom. The van der Waals surface area contributed by atoms with Crippen LogP contribution in [0.3, 0.4) is 0 Å². The van der Waals surface area contributed by atoms with Crippen LogP contribution in [0.2, 0.25) is 0 Å². The zero-order valence-corrected chi connectivity index (χ0v) is 18.3. The van der Waals surface area contributed by atoms with Crippen LogP contribution in [0.1, 0.15) is 46.0 Å². The van der Waals surface area contributed by atoms with E-state index in [9.17, 15) is 18.0 Å². The van der Waals surface area contributed by atoms with Gasteiger partial charge in [-0.15, -0.1) is 0 Å². The summed E-state index contributed by atoms with van der Waals surface area (Å²) in [6.07, 6.45) is 4.80. The van der Waals surface area contributed by atoms with Crippen molar-refractivity contribution in [3.8, 4) is 0 Å². The lowest BCUT2D eigenvalue weighted by atomic mass is 9.92. The number of hydrogen-bond acceptors (Lipinski definition) is 5. The molecule has 1 aliphatic heterocycles. The summed E-state index contributed by atoms with van der Waals surface area (Å²) >= 11 is 0. The standard InChI is InChI=1S/C21H29N3O5S/c1-14-9-15(2)12-23(11-14)20(25)13-24-18-8-7-17(10-19(18)29-21(24)26)30(27,28)22-16-5-3-4-6-16/h7-8,10,14-16,22H,3-6,9,11-13H2,1-2H3/t14-,15-/m1/s1. The van der Waals surface area contributed by atoms with Gasteiger partial charge in [0.1, 0.15) is 6.54 Å². The molecule has 0 radical (unpaired) electrons. The molecule has 1 N–H and O–H groups in total. The van der Waals surface area contributed by atoms with E-state index >= 15 is 0 Å². The van der Waals surface area contributed by atoms with Gasteiger partial charge in [-0.2, -0.15) is 0 Å². The van der Waals surface area contributed by atoms with Crippen molar-refractivity contribution in [3.05, 3.63) is 28.7 Å². The molecule has 1 aromatic heterocycles. The summed E-state index contributed by atoms with van der Waals surface area (Å²) in [5.74, 6) is 0.0684. The number of hydrogen-bond donors (Lipinski definition) is 1. The van der Waals surface area contributed by atoms with E-state index in [-0.39, 0.29) is 29.0 Å². The highest BCUT2D eigenvalue weighted by Gasteiger charge is 2.27. The fraction of sp³-hybridized carbons (Fsp3) is 0.619. The van der Waals surface area contributed by atoms with E-state index < -0.39 is 15.8 Å². The molecule has 2 atom stereocenters. The smallest absolute Gasteiger partial charge is 0.408 e. The molecule has 1 aromatic carbocycles. The predicted molar refractivity (Wildman–Crippen MR) is 113 cm³/mol. The van der Waals surface area contributed by atoms with Gasteiger partial charge in [-0.3, -0.25) is 9.36 Å². The second kappa shape index (κ2) is 8.19. The van der Waals surface area contributed by atoms with Gasteiger partial charge in [-0.25, -0.2) is 17.9 Å². The predicted octanol–water partition coefficient (Wildman–Crippen LogP) is 2.32. The monoisotopic (exact) mass is 435 g/mol. The molecule has 164 valence electrons. The molecule has 1 saturated heterocycles. The maximum atomic E-state index is 12.8. The highest BCUT2D eigenvalue weighted by molar-refractivity contribution is 7.89. The van der Waals surface area contributed by atoms with Crippen LogP contribution in [0.15, 0.2) is 32.3 Å². The lowest BCUT2D eigenvalue weighted by molar-refractivity contribution is -0.134. The topological polar surface area (TPSA) is 102 Å². The molecule has 4 rings (SSSR count). The number of likely N-dealkylation sites (tertiary alicyclic amines) is 1. The molecule has 2 heterocycles. The summed E-state index contributed by atoms with van der Waals surface area (Å²) in [6.45, 7) is 5.50. The minimum atomic E-state index is -3.69. The zero-order chi connectivity index (χ0) is 21.5. The van der Waals surface area contributed by atoms with Gasteiger partial charge in [0.15, 0.2) is 5.58 Å². The van der Waals surface area contributed by atoms with Crippen LogP contribution in [0.5, 0.6) is 0 Å². The van der Waals surface area contributed by atoms with Crippen molar-refractivity contribution < 1.29 is 17.6 Å². The molecular weight excluding hydrogens is 406 g/mol. The Hall–Kier alpha value is -2.13. The number of piperidine rings is 1. The highest BCUT2D eigenvalue weighted by Crippen LogP contribution is 2.24. The van der Waals surface area contributed by atoms with Gasteiger partial charge in [-0.05, 0) is 43.2 Å². The van der Waals surface area contributed by atoms with E-state index in [0.29, 0.717) is 30.4 Å². The van der Waals surface area contributed by atoms with Crippen molar-refractivity contribution in [1.82, 2.24) is 14.2 Å². The first-order valence-electron chi connectivity index (χ1n) is 10.7. The molecule has 8 nitrogen and oxygen atoms in total. The van der Waals surface area contributed by atoms with Crippen LogP contribution in [-0.4, -0.2) is 42.9 Å². The third kappa shape index (κ3) is 4.32. The van der Waals surface area contributed by atoms with Gasteiger partial charge in [0, 0.05) is 25.2 Å². The number of nitrogens with zero attached hydrogens (tertiary/aromatic N) is 2. The fourth-order valence-electron chi connectivity index (χ4n) is 4.80. The zero-order valence-electron chi connectivity index (χ0n) is 17.5. The quantitative estimate of drug-likeness (QED) is 0.777. The Labute approximate surface area is 176 Å². The number of amides is 1. The summed E-state index contributed by atoms with van der Waals surface area (Å²) < 4.78 is 34.6. The molecular formula is C21H29N3O5S. The van der Waals surface area contributed by atoms with E-state index in [1.807, 2.05) is 0 Å². The number of carbonyl (C=O) groups is 1. The minimum Gasteiger partial charge on any atom is -0.408 e. The molecule has 0 unspecified atom stereocenters. The van der Waals surface area contributed by atoms with Crippen LogP contribution < -0.4 is 10.5 Å².